The maximum atomic E-state index is 5.28. The molecule has 0 aliphatic carbocycles. The van der Waals surface area contributed by atoms with E-state index in [9.17, 15) is 0 Å². The highest BCUT2D eigenvalue weighted by Crippen LogP contribution is 2.26. The Morgan fingerprint density at radius 1 is 1.04 bits per heavy atom. The Bertz CT molecular complexity index is 925. The second-order valence-electron chi connectivity index (χ2n) is 4.87. The van der Waals surface area contributed by atoms with Crippen molar-refractivity contribution in [1.82, 2.24) is 4.57 Å². The number of thiazole rings is 1. The first kappa shape index (κ1) is 15.3. The molecule has 0 radical (unpaired) electrons. The molecule has 0 unspecified atom stereocenters. The van der Waals surface area contributed by atoms with Gasteiger partial charge in [-0.1, -0.05) is 23.5 Å². The zero-order valence-electron chi connectivity index (χ0n) is 13.2. The number of rotatable bonds is 4. The first-order valence-corrected chi connectivity index (χ1v) is 7.88. The first-order chi connectivity index (χ1) is 11.2. The van der Waals surface area contributed by atoms with E-state index >= 15 is 0 Å². The predicted molar refractivity (Wildman–Crippen MR) is 93.5 cm³/mol. The van der Waals surface area contributed by atoms with Crippen LogP contribution in [0, 0.1) is 0 Å². The van der Waals surface area contributed by atoms with E-state index in [0.29, 0.717) is 11.5 Å². The number of hydrogen-bond donors (Lipinski definition) is 0. The number of methoxy groups -OCH3 is 2. The largest absolute Gasteiger partial charge is 0.493 e. The van der Waals surface area contributed by atoms with Gasteiger partial charge in [0.1, 0.15) is 0 Å². The van der Waals surface area contributed by atoms with E-state index in [1.165, 1.54) is 4.70 Å². The fourth-order valence-corrected chi connectivity index (χ4v) is 3.23. The molecule has 6 heteroatoms. The maximum absolute atomic E-state index is 5.28. The van der Waals surface area contributed by atoms with E-state index in [2.05, 4.69) is 22.3 Å². The van der Waals surface area contributed by atoms with Gasteiger partial charge in [0.15, 0.2) is 11.5 Å². The van der Waals surface area contributed by atoms with Gasteiger partial charge in [-0.15, -0.1) is 5.10 Å². The van der Waals surface area contributed by atoms with Gasteiger partial charge in [0.25, 0.3) is 0 Å². The molecule has 0 atom stereocenters. The van der Waals surface area contributed by atoms with Crippen LogP contribution in [-0.2, 0) is 7.05 Å². The van der Waals surface area contributed by atoms with Gasteiger partial charge in [0.2, 0.25) is 4.80 Å². The summed E-state index contributed by atoms with van der Waals surface area (Å²) >= 11 is 1.61. The second kappa shape index (κ2) is 6.66. The number of benzene rings is 2. The third kappa shape index (κ3) is 3.12. The topological polar surface area (TPSA) is 48.1 Å². The molecule has 5 nitrogen and oxygen atoms in total. The number of para-hydroxylation sites is 1. The summed E-state index contributed by atoms with van der Waals surface area (Å²) in [6, 6.07) is 13.8. The minimum Gasteiger partial charge on any atom is -0.493 e. The Kier molecular flexibility index (Phi) is 4.43. The Morgan fingerprint density at radius 3 is 2.57 bits per heavy atom. The van der Waals surface area contributed by atoms with Gasteiger partial charge in [-0.05, 0) is 35.9 Å². The minimum atomic E-state index is 0.670. The van der Waals surface area contributed by atoms with Crippen LogP contribution in [0.3, 0.4) is 0 Å². The van der Waals surface area contributed by atoms with Gasteiger partial charge < -0.3 is 14.0 Å². The number of hydrogen-bond acceptors (Lipinski definition) is 5. The molecule has 0 aliphatic heterocycles. The molecule has 0 saturated heterocycles. The highest BCUT2D eigenvalue weighted by atomic mass is 32.1. The summed E-state index contributed by atoms with van der Waals surface area (Å²) in [7, 11) is 5.21. The fourth-order valence-electron chi connectivity index (χ4n) is 2.26. The summed E-state index contributed by atoms with van der Waals surface area (Å²) in [5, 5.41) is 8.51. The van der Waals surface area contributed by atoms with E-state index in [1.807, 2.05) is 41.9 Å². The summed E-state index contributed by atoms with van der Waals surface area (Å²) in [6.45, 7) is 0. The zero-order valence-corrected chi connectivity index (χ0v) is 14.0. The monoisotopic (exact) mass is 327 g/mol. The Hall–Kier alpha value is -2.60. The van der Waals surface area contributed by atoms with Crippen molar-refractivity contribution in [2.45, 2.75) is 0 Å². The van der Waals surface area contributed by atoms with Crippen LogP contribution in [0.1, 0.15) is 5.56 Å². The zero-order chi connectivity index (χ0) is 16.2. The van der Waals surface area contributed by atoms with Crippen LogP contribution >= 0.6 is 11.3 Å². The van der Waals surface area contributed by atoms with Crippen LogP contribution in [0.25, 0.3) is 10.2 Å². The van der Waals surface area contributed by atoms with Crippen molar-refractivity contribution in [2.24, 2.45) is 17.3 Å². The fraction of sp³-hybridized carbons (Fsp3) is 0.176. The number of fused-ring (bicyclic) bond motifs is 1. The molecular formula is C17H17N3O2S. The standard InChI is InChI=1S/C17H17N3O2S/c1-20-13-6-4-5-7-16(13)23-17(20)19-18-11-12-8-9-14(21-2)15(10-12)22-3/h4-11H,1-3H3/b18-11+,19-17+. The van der Waals surface area contributed by atoms with Crippen LogP contribution in [0.5, 0.6) is 11.5 Å². The molecule has 2 aromatic carbocycles. The van der Waals surface area contributed by atoms with E-state index in [4.69, 9.17) is 9.47 Å². The smallest absolute Gasteiger partial charge is 0.211 e. The Balaban J connectivity index is 1.92. The van der Waals surface area contributed by atoms with Crippen molar-refractivity contribution >= 4 is 27.8 Å². The summed E-state index contributed by atoms with van der Waals surface area (Å²) in [5.41, 5.74) is 2.05. The number of nitrogens with zero attached hydrogens (tertiary/aromatic N) is 3. The van der Waals surface area contributed by atoms with Crippen LogP contribution in [-0.4, -0.2) is 25.0 Å². The highest BCUT2D eigenvalue weighted by Gasteiger charge is 2.03. The van der Waals surface area contributed by atoms with E-state index in [1.54, 1.807) is 31.8 Å². The molecule has 1 heterocycles. The lowest BCUT2D eigenvalue weighted by Crippen LogP contribution is -2.08. The van der Waals surface area contributed by atoms with Crippen molar-refractivity contribution < 1.29 is 9.47 Å². The number of aromatic nitrogens is 1. The molecule has 1 aromatic heterocycles. The molecule has 0 N–H and O–H groups in total. The van der Waals surface area contributed by atoms with Gasteiger partial charge in [-0.3, -0.25) is 0 Å². The van der Waals surface area contributed by atoms with Crippen LogP contribution in [0.2, 0.25) is 0 Å². The molecule has 0 fully saturated rings. The lowest BCUT2D eigenvalue weighted by atomic mass is 10.2. The van der Waals surface area contributed by atoms with Crippen LogP contribution in [0.15, 0.2) is 52.7 Å². The first-order valence-electron chi connectivity index (χ1n) is 7.06. The molecule has 118 valence electrons. The predicted octanol–water partition coefficient (Wildman–Crippen LogP) is 3.19. The van der Waals surface area contributed by atoms with Gasteiger partial charge in [0.05, 0.1) is 30.7 Å². The number of ether oxygens (including phenoxy) is 2. The molecule has 3 rings (SSSR count). The van der Waals surface area contributed by atoms with Crippen molar-refractivity contribution in [3.8, 4) is 11.5 Å². The minimum absolute atomic E-state index is 0.670. The Labute approximate surface area is 138 Å². The van der Waals surface area contributed by atoms with Crippen molar-refractivity contribution in [2.75, 3.05) is 14.2 Å². The molecule has 3 aromatic rings. The van der Waals surface area contributed by atoms with Gasteiger partial charge in [-0.2, -0.15) is 5.10 Å². The average molecular weight is 327 g/mol. The summed E-state index contributed by atoms with van der Waals surface area (Å²) < 4.78 is 13.7. The van der Waals surface area contributed by atoms with E-state index < -0.39 is 0 Å². The van der Waals surface area contributed by atoms with Crippen LogP contribution in [0.4, 0.5) is 0 Å². The van der Waals surface area contributed by atoms with Crippen molar-refractivity contribution in [1.29, 1.82) is 0 Å². The van der Waals surface area contributed by atoms with Crippen LogP contribution < -0.4 is 14.3 Å². The van der Waals surface area contributed by atoms with Crippen molar-refractivity contribution in [3.63, 3.8) is 0 Å². The average Bonchev–Trinajstić information content (AvgIpc) is 2.91. The molecule has 0 spiro atoms. The van der Waals surface area contributed by atoms with Crippen molar-refractivity contribution in [3.05, 3.63) is 52.8 Å². The van der Waals surface area contributed by atoms with Gasteiger partial charge >= 0.3 is 0 Å². The summed E-state index contributed by atoms with van der Waals surface area (Å²) in [6.07, 6.45) is 1.70. The van der Waals surface area contributed by atoms with Gasteiger partial charge in [0, 0.05) is 7.05 Å². The Morgan fingerprint density at radius 2 is 1.83 bits per heavy atom. The molecular weight excluding hydrogens is 310 g/mol. The lowest BCUT2D eigenvalue weighted by Gasteiger charge is -2.06. The normalized spacial score (nSPS) is 12.2. The quantitative estimate of drug-likeness (QED) is 0.546. The van der Waals surface area contributed by atoms with E-state index in [0.717, 1.165) is 15.9 Å². The maximum Gasteiger partial charge on any atom is 0.211 e. The van der Waals surface area contributed by atoms with Gasteiger partial charge in [-0.25, -0.2) is 0 Å². The SMILES string of the molecule is COc1ccc(/C=N/N=c2/sc3ccccc3n2C)cc1OC. The highest BCUT2D eigenvalue weighted by molar-refractivity contribution is 7.16. The molecule has 0 amide bonds. The third-order valence-electron chi connectivity index (χ3n) is 3.47. The molecule has 0 bridgehead atoms. The molecule has 0 aliphatic rings. The summed E-state index contributed by atoms with van der Waals surface area (Å²) in [5.74, 6) is 1.36. The molecule has 0 saturated carbocycles. The summed E-state index contributed by atoms with van der Waals surface area (Å²) in [4.78, 5) is 0.850. The molecule has 23 heavy (non-hydrogen) atoms. The third-order valence-corrected chi connectivity index (χ3v) is 4.58. The second-order valence-corrected chi connectivity index (χ2v) is 5.88. The number of aryl methyl sites for hydroxylation is 1. The lowest BCUT2D eigenvalue weighted by molar-refractivity contribution is 0.355. The van der Waals surface area contributed by atoms with E-state index in [-0.39, 0.29) is 0 Å².